The molecule has 0 atom stereocenters. The number of benzene rings is 1. The van der Waals surface area contributed by atoms with Gasteiger partial charge in [-0.15, -0.1) is 0 Å². The highest BCUT2D eigenvalue weighted by atomic mass is 35.5. The Kier molecular flexibility index (Phi) is 5.12. The molecule has 0 aliphatic heterocycles. The average molecular weight is 310 g/mol. The van der Waals surface area contributed by atoms with Gasteiger partial charge in [-0.25, -0.2) is 15.0 Å². The van der Waals surface area contributed by atoms with Crippen molar-refractivity contribution in [1.82, 2.24) is 9.97 Å². The molecule has 1 aromatic heterocycles. The molecule has 1 aromatic carbocycles. The number of nitriles is 1. The van der Waals surface area contributed by atoms with Crippen molar-refractivity contribution in [2.45, 2.75) is 6.92 Å². The number of aliphatic imine (C=N–C) groups is 2. The average Bonchev–Trinajstić information content (AvgIpc) is 2.55. The van der Waals surface area contributed by atoms with Gasteiger partial charge in [0.05, 0.1) is 5.69 Å². The van der Waals surface area contributed by atoms with Crippen LogP contribution in [0, 0.1) is 11.3 Å². The van der Waals surface area contributed by atoms with E-state index in [-0.39, 0.29) is 10.7 Å². The van der Waals surface area contributed by atoms with Gasteiger partial charge in [0.15, 0.2) is 11.0 Å². The first-order valence-corrected chi connectivity index (χ1v) is 6.73. The summed E-state index contributed by atoms with van der Waals surface area (Å²) >= 11 is 6.12. The van der Waals surface area contributed by atoms with Crippen LogP contribution in [0.3, 0.4) is 0 Å². The molecule has 0 N–H and O–H groups in total. The minimum atomic E-state index is 0.116. The second-order valence-electron chi connectivity index (χ2n) is 4.30. The number of rotatable bonds is 4. The largest absolute Gasteiger partial charge is 0.253 e. The highest BCUT2D eigenvalue weighted by Crippen LogP contribution is 2.27. The van der Waals surface area contributed by atoms with Gasteiger partial charge in [0.25, 0.3) is 0 Å². The van der Waals surface area contributed by atoms with Gasteiger partial charge in [0.1, 0.15) is 18.0 Å². The van der Waals surface area contributed by atoms with E-state index in [2.05, 4.69) is 32.7 Å². The lowest BCUT2D eigenvalue weighted by Crippen LogP contribution is -2.00. The minimum absolute atomic E-state index is 0.116. The molecule has 22 heavy (non-hydrogen) atoms. The van der Waals surface area contributed by atoms with E-state index in [1.807, 2.05) is 30.3 Å². The third-order valence-electron chi connectivity index (χ3n) is 2.79. The van der Waals surface area contributed by atoms with E-state index >= 15 is 0 Å². The van der Waals surface area contributed by atoms with Crippen molar-refractivity contribution in [2.24, 2.45) is 9.98 Å². The maximum atomic E-state index is 9.29. The van der Waals surface area contributed by atoms with Crippen LogP contribution >= 0.6 is 11.6 Å². The predicted octanol–water partition coefficient (Wildman–Crippen LogP) is 3.76. The van der Waals surface area contributed by atoms with Gasteiger partial charge in [-0.05, 0) is 13.6 Å². The smallest absolute Gasteiger partial charge is 0.158 e. The normalized spacial score (nSPS) is 11.4. The number of hydrogen-bond donors (Lipinski definition) is 0. The lowest BCUT2D eigenvalue weighted by Gasteiger charge is -2.08. The van der Waals surface area contributed by atoms with Crippen molar-refractivity contribution in [1.29, 1.82) is 5.26 Å². The van der Waals surface area contributed by atoms with Gasteiger partial charge >= 0.3 is 0 Å². The van der Waals surface area contributed by atoms with Crippen LogP contribution in [-0.2, 0) is 0 Å². The molecule has 0 spiro atoms. The standard InChI is InChI=1S/C16H12ClN5/c1-11(9-20-10-19-2)16-21-14(12-6-4-3-5-7-12)13(8-18)15(17)22-16/h3-7,9-10H,2H2,1H3/b11-9+,20-10-. The topological polar surface area (TPSA) is 74.3 Å². The number of allylic oxidation sites excluding steroid dienone is 1. The zero-order chi connectivity index (χ0) is 15.9. The first kappa shape index (κ1) is 15.5. The lowest BCUT2D eigenvalue weighted by molar-refractivity contribution is 1.10. The zero-order valence-corrected chi connectivity index (χ0v) is 12.6. The summed E-state index contributed by atoms with van der Waals surface area (Å²) in [6.45, 7) is 5.10. The van der Waals surface area contributed by atoms with E-state index < -0.39 is 0 Å². The molecule has 108 valence electrons. The van der Waals surface area contributed by atoms with E-state index in [0.29, 0.717) is 17.1 Å². The maximum Gasteiger partial charge on any atom is 0.158 e. The van der Waals surface area contributed by atoms with Crippen molar-refractivity contribution in [2.75, 3.05) is 0 Å². The molecule has 0 saturated heterocycles. The zero-order valence-electron chi connectivity index (χ0n) is 11.9. The number of hydrogen-bond acceptors (Lipinski definition) is 4. The SMILES string of the molecule is C=N/C=N\C=C(/C)c1nc(Cl)c(C#N)c(-c2ccccc2)n1. The molecule has 0 amide bonds. The van der Waals surface area contributed by atoms with Crippen molar-refractivity contribution in [3.63, 3.8) is 0 Å². The van der Waals surface area contributed by atoms with Gasteiger partial charge in [-0.3, -0.25) is 4.99 Å². The van der Waals surface area contributed by atoms with Crippen molar-refractivity contribution < 1.29 is 0 Å². The van der Waals surface area contributed by atoms with E-state index in [0.717, 1.165) is 5.56 Å². The van der Waals surface area contributed by atoms with Crippen LogP contribution < -0.4 is 0 Å². The molecular formula is C16H12ClN5. The van der Waals surface area contributed by atoms with Crippen LogP contribution in [0.1, 0.15) is 18.3 Å². The molecule has 0 unspecified atom stereocenters. The van der Waals surface area contributed by atoms with Crippen LogP contribution in [0.4, 0.5) is 0 Å². The molecule has 0 fully saturated rings. The summed E-state index contributed by atoms with van der Waals surface area (Å²) in [6.07, 6.45) is 2.87. The molecular weight excluding hydrogens is 298 g/mol. The molecule has 0 bridgehead atoms. The Morgan fingerprint density at radius 2 is 2.05 bits per heavy atom. The first-order valence-electron chi connectivity index (χ1n) is 6.35. The van der Waals surface area contributed by atoms with E-state index in [1.165, 1.54) is 6.34 Å². The first-order chi connectivity index (χ1) is 10.7. The number of halogens is 1. The Morgan fingerprint density at radius 3 is 2.68 bits per heavy atom. The summed E-state index contributed by atoms with van der Waals surface area (Å²) < 4.78 is 0. The summed E-state index contributed by atoms with van der Waals surface area (Å²) in [6, 6.07) is 11.4. The highest BCUT2D eigenvalue weighted by molar-refractivity contribution is 6.31. The monoisotopic (exact) mass is 309 g/mol. The fraction of sp³-hybridized carbons (Fsp3) is 0.0625. The molecule has 0 aliphatic carbocycles. The number of nitrogens with zero attached hydrogens (tertiary/aromatic N) is 5. The molecule has 5 nitrogen and oxygen atoms in total. The second-order valence-corrected chi connectivity index (χ2v) is 4.66. The van der Waals surface area contributed by atoms with Gasteiger partial charge in [-0.1, -0.05) is 41.9 Å². The maximum absolute atomic E-state index is 9.29. The van der Waals surface area contributed by atoms with E-state index in [1.54, 1.807) is 13.1 Å². The third kappa shape index (κ3) is 3.43. The van der Waals surface area contributed by atoms with Crippen LogP contribution in [0.15, 0.2) is 46.5 Å². The Bertz CT molecular complexity index is 788. The van der Waals surface area contributed by atoms with Crippen LogP contribution in [-0.4, -0.2) is 23.0 Å². The van der Waals surface area contributed by atoms with Crippen molar-refractivity contribution >= 4 is 30.2 Å². The van der Waals surface area contributed by atoms with Crippen LogP contribution in [0.5, 0.6) is 0 Å². The Labute approximate surface area is 133 Å². The second kappa shape index (κ2) is 7.25. The van der Waals surface area contributed by atoms with E-state index in [4.69, 9.17) is 11.6 Å². The van der Waals surface area contributed by atoms with Crippen LogP contribution in [0.25, 0.3) is 16.8 Å². The van der Waals surface area contributed by atoms with Crippen molar-refractivity contribution in [3.05, 3.63) is 53.1 Å². The van der Waals surface area contributed by atoms with Crippen LogP contribution in [0.2, 0.25) is 5.15 Å². The fourth-order valence-corrected chi connectivity index (χ4v) is 1.98. The molecule has 1 heterocycles. The summed E-state index contributed by atoms with van der Waals surface area (Å²) in [5.74, 6) is 0.407. The predicted molar refractivity (Wildman–Crippen MR) is 88.9 cm³/mol. The Hall–Kier alpha value is -2.84. The van der Waals surface area contributed by atoms with Gasteiger partial charge in [0.2, 0.25) is 0 Å². The highest BCUT2D eigenvalue weighted by Gasteiger charge is 2.15. The molecule has 0 aliphatic rings. The fourth-order valence-electron chi connectivity index (χ4n) is 1.76. The molecule has 2 rings (SSSR count). The van der Waals surface area contributed by atoms with Gasteiger partial charge in [0, 0.05) is 17.3 Å². The minimum Gasteiger partial charge on any atom is -0.253 e. The summed E-state index contributed by atoms with van der Waals surface area (Å²) in [5, 5.41) is 9.41. The molecule has 6 heteroatoms. The van der Waals surface area contributed by atoms with E-state index in [9.17, 15) is 5.26 Å². The summed E-state index contributed by atoms with van der Waals surface area (Å²) in [5.41, 5.74) is 2.24. The summed E-state index contributed by atoms with van der Waals surface area (Å²) in [7, 11) is 0. The van der Waals surface area contributed by atoms with Gasteiger partial charge < -0.3 is 0 Å². The molecule has 2 aromatic rings. The number of aromatic nitrogens is 2. The van der Waals surface area contributed by atoms with Gasteiger partial charge in [-0.2, -0.15) is 5.26 Å². The lowest BCUT2D eigenvalue weighted by atomic mass is 10.1. The van der Waals surface area contributed by atoms with Crippen molar-refractivity contribution in [3.8, 4) is 17.3 Å². The summed E-state index contributed by atoms with van der Waals surface area (Å²) in [4.78, 5) is 16.1. The third-order valence-corrected chi connectivity index (χ3v) is 3.07. The Morgan fingerprint density at radius 1 is 1.32 bits per heavy atom. The molecule has 0 saturated carbocycles. The Balaban J connectivity index is 2.59. The molecule has 0 radical (unpaired) electrons. The quantitative estimate of drug-likeness (QED) is 0.490.